The van der Waals surface area contributed by atoms with E-state index in [9.17, 15) is 4.39 Å². The van der Waals surface area contributed by atoms with E-state index >= 15 is 0 Å². The third-order valence-electron chi connectivity index (χ3n) is 4.07. The summed E-state index contributed by atoms with van der Waals surface area (Å²) in [5.41, 5.74) is 0.951. The van der Waals surface area contributed by atoms with Crippen LogP contribution in [0.1, 0.15) is 51.5 Å². The molecule has 1 aliphatic rings. The molecular formula is C16H26FN3. The lowest BCUT2D eigenvalue weighted by Gasteiger charge is -2.33. The number of pyridine rings is 1. The van der Waals surface area contributed by atoms with Gasteiger partial charge in [0.15, 0.2) is 0 Å². The molecule has 112 valence electrons. The summed E-state index contributed by atoms with van der Waals surface area (Å²) in [7, 11) is 2.09. The van der Waals surface area contributed by atoms with Crippen LogP contribution in [0, 0.1) is 5.82 Å². The summed E-state index contributed by atoms with van der Waals surface area (Å²) in [6, 6.07) is 2.53. The van der Waals surface area contributed by atoms with Crippen LogP contribution in [0.2, 0.25) is 0 Å². The molecule has 0 bridgehead atoms. The van der Waals surface area contributed by atoms with Gasteiger partial charge < -0.3 is 10.2 Å². The first-order valence-corrected chi connectivity index (χ1v) is 7.68. The van der Waals surface area contributed by atoms with Gasteiger partial charge in [0.25, 0.3) is 0 Å². The van der Waals surface area contributed by atoms with Gasteiger partial charge in [-0.3, -0.25) is 0 Å². The Morgan fingerprint density at radius 2 is 2.05 bits per heavy atom. The number of halogens is 1. The minimum absolute atomic E-state index is 0.258. The summed E-state index contributed by atoms with van der Waals surface area (Å²) in [6.45, 7) is 4.85. The zero-order valence-electron chi connectivity index (χ0n) is 12.8. The largest absolute Gasteiger partial charge is 0.356 e. The molecule has 0 radical (unpaired) electrons. The third kappa shape index (κ3) is 3.92. The van der Waals surface area contributed by atoms with Crippen LogP contribution in [-0.4, -0.2) is 24.1 Å². The van der Waals surface area contributed by atoms with E-state index < -0.39 is 0 Å². The molecule has 1 saturated carbocycles. The van der Waals surface area contributed by atoms with Gasteiger partial charge in [0, 0.05) is 31.2 Å². The van der Waals surface area contributed by atoms with Crippen LogP contribution in [0.3, 0.4) is 0 Å². The number of hydrogen-bond acceptors (Lipinski definition) is 3. The Morgan fingerprint density at radius 1 is 1.35 bits per heavy atom. The molecule has 2 rings (SSSR count). The van der Waals surface area contributed by atoms with Gasteiger partial charge in [-0.2, -0.15) is 0 Å². The van der Waals surface area contributed by atoms with Gasteiger partial charge in [0.1, 0.15) is 11.6 Å². The highest BCUT2D eigenvalue weighted by Crippen LogP contribution is 2.27. The lowest BCUT2D eigenvalue weighted by molar-refractivity contribution is 0.424. The van der Waals surface area contributed by atoms with E-state index in [-0.39, 0.29) is 5.82 Å². The van der Waals surface area contributed by atoms with E-state index in [4.69, 9.17) is 0 Å². The van der Waals surface area contributed by atoms with Gasteiger partial charge in [-0.15, -0.1) is 0 Å². The van der Waals surface area contributed by atoms with Gasteiger partial charge in [-0.05, 0) is 18.9 Å². The zero-order valence-corrected chi connectivity index (χ0v) is 12.8. The van der Waals surface area contributed by atoms with Gasteiger partial charge in [0.05, 0.1) is 6.20 Å². The van der Waals surface area contributed by atoms with Crippen molar-refractivity contribution >= 4 is 5.82 Å². The van der Waals surface area contributed by atoms with E-state index in [0.717, 1.165) is 11.4 Å². The van der Waals surface area contributed by atoms with Gasteiger partial charge in [0.2, 0.25) is 0 Å². The predicted octanol–water partition coefficient (Wildman–Crippen LogP) is 3.49. The van der Waals surface area contributed by atoms with Crippen molar-refractivity contribution in [2.24, 2.45) is 0 Å². The van der Waals surface area contributed by atoms with Crippen molar-refractivity contribution in [3.05, 3.63) is 23.6 Å². The second kappa shape index (κ2) is 7.02. The van der Waals surface area contributed by atoms with E-state index in [2.05, 4.69) is 36.1 Å². The van der Waals surface area contributed by atoms with Crippen LogP contribution in [0.15, 0.2) is 12.3 Å². The van der Waals surface area contributed by atoms with Gasteiger partial charge in [-0.1, -0.05) is 33.1 Å². The van der Waals surface area contributed by atoms with Gasteiger partial charge >= 0.3 is 0 Å². The van der Waals surface area contributed by atoms with Crippen molar-refractivity contribution in [3.63, 3.8) is 0 Å². The molecule has 0 spiro atoms. The van der Waals surface area contributed by atoms with Gasteiger partial charge in [-0.25, -0.2) is 9.37 Å². The summed E-state index contributed by atoms with van der Waals surface area (Å²) in [5.74, 6) is 0.665. The molecule has 0 unspecified atom stereocenters. The molecule has 3 nitrogen and oxygen atoms in total. The molecule has 4 heteroatoms. The fourth-order valence-corrected chi connectivity index (χ4v) is 2.88. The van der Waals surface area contributed by atoms with Crippen LogP contribution in [0.25, 0.3) is 0 Å². The summed E-state index contributed by atoms with van der Waals surface area (Å²) < 4.78 is 13.5. The number of rotatable bonds is 5. The quantitative estimate of drug-likeness (QED) is 0.894. The summed E-state index contributed by atoms with van der Waals surface area (Å²) in [4.78, 5) is 6.59. The first kappa shape index (κ1) is 15.2. The number of anilines is 1. The standard InChI is InChI=1S/C16H26FN3/c1-12(2)18-10-13-9-14(17)11-19-16(13)20(3)15-7-5-4-6-8-15/h9,11-12,15,18H,4-8,10H2,1-3H3. The number of nitrogens with zero attached hydrogens (tertiary/aromatic N) is 2. The fraction of sp³-hybridized carbons (Fsp3) is 0.688. The van der Waals surface area contributed by atoms with Crippen molar-refractivity contribution in [3.8, 4) is 0 Å². The first-order chi connectivity index (χ1) is 9.58. The Hall–Kier alpha value is -1.16. The topological polar surface area (TPSA) is 28.2 Å². The van der Waals surface area contributed by atoms with Crippen LogP contribution in [0.5, 0.6) is 0 Å². The molecule has 1 aliphatic carbocycles. The zero-order chi connectivity index (χ0) is 14.5. The van der Waals surface area contributed by atoms with Crippen LogP contribution in [-0.2, 0) is 6.54 Å². The highest BCUT2D eigenvalue weighted by atomic mass is 19.1. The molecule has 0 saturated heterocycles. The normalized spacial score (nSPS) is 16.6. The third-order valence-corrected chi connectivity index (χ3v) is 4.07. The Kier molecular flexibility index (Phi) is 5.35. The highest BCUT2D eigenvalue weighted by molar-refractivity contribution is 5.47. The van der Waals surface area contributed by atoms with Crippen LogP contribution < -0.4 is 10.2 Å². The maximum absolute atomic E-state index is 13.5. The average molecular weight is 279 g/mol. The second-order valence-electron chi connectivity index (χ2n) is 6.07. The smallest absolute Gasteiger partial charge is 0.141 e. The minimum Gasteiger partial charge on any atom is -0.356 e. The van der Waals surface area contributed by atoms with Crippen molar-refractivity contribution < 1.29 is 4.39 Å². The summed E-state index contributed by atoms with van der Waals surface area (Å²) >= 11 is 0. The average Bonchev–Trinajstić information content (AvgIpc) is 2.45. The molecule has 0 amide bonds. The number of nitrogens with one attached hydrogen (secondary N) is 1. The highest BCUT2D eigenvalue weighted by Gasteiger charge is 2.21. The van der Waals surface area contributed by atoms with Crippen molar-refractivity contribution in [1.29, 1.82) is 0 Å². The maximum atomic E-state index is 13.5. The first-order valence-electron chi connectivity index (χ1n) is 7.68. The monoisotopic (exact) mass is 279 g/mol. The molecular weight excluding hydrogens is 253 g/mol. The molecule has 20 heavy (non-hydrogen) atoms. The Balaban J connectivity index is 2.15. The predicted molar refractivity (Wildman–Crippen MR) is 81.4 cm³/mol. The molecule has 1 aromatic rings. The molecule has 1 heterocycles. The second-order valence-corrected chi connectivity index (χ2v) is 6.07. The van der Waals surface area contributed by atoms with Crippen molar-refractivity contribution in [1.82, 2.24) is 10.3 Å². The minimum atomic E-state index is -0.258. The molecule has 0 aliphatic heterocycles. The van der Waals surface area contributed by atoms with E-state index in [1.165, 1.54) is 38.3 Å². The summed E-state index contributed by atoms with van der Waals surface area (Å²) in [6.07, 6.45) is 7.67. The Labute approximate surface area is 121 Å². The summed E-state index contributed by atoms with van der Waals surface area (Å²) in [5, 5.41) is 3.35. The molecule has 0 atom stereocenters. The Morgan fingerprint density at radius 3 is 2.70 bits per heavy atom. The van der Waals surface area contributed by atoms with Crippen LogP contribution >= 0.6 is 0 Å². The SMILES string of the molecule is CC(C)NCc1cc(F)cnc1N(C)C1CCCCC1. The van der Waals surface area contributed by atoms with Crippen LogP contribution in [0.4, 0.5) is 10.2 Å². The molecule has 0 aromatic carbocycles. The maximum Gasteiger partial charge on any atom is 0.141 e. The molecule has 1 fully saturated rings. The van der Waals surface area contributed by atoms with E-state index in [0.29, 0.717) is 18.6 Å². The lowest BCUT2D eigenvalue weighted by atomic mass is 9.94. The Bertz CT molecular complexity index is 428. The molecule has 1 N–H and O–H groups in total. The number of aromatic nitrogens is 1. The van der Waals surface area contributed by atoms with E-state index in [1.807, 2.05) is 0 Å². The molecule has 1 aromatic heterocycles. The lowest BCUT2D eigenvalue weighted by Crippen LogP contribution is -2.35. The van der Waals surface area contributed by atoms with Crippen molar-refractivity contribution in [2.75, 3.05) is 11.9 Å². The van der Waals surface area contributed by atoms with Crippen molar-refractivity contribution in [2.45, 2.75) is 64.6 Å². The van der Waals surface area contributed by atoms with E-state index in [1.54, 1.807) is 6.07 Å². The fourth-order valence-electron chi connectivity index (χ4n) is 2.88. The number of hydrogen-bond donors (Lipinski definition) is 1.